The zero-order valence-corrected chi connectivity index (χ0v) is 9.76. The zero-order valence-electron chi connectivity index (χ0n) is 8.18. The van der Waals surface area contributed by atoms with Gasteiger partial charge in [-0.2, -0.15) is 0 Å². The molecule has 0 aromatic heterocycles. The van der Waals surface area contributed by atoms with Crippen LogP contribution in [0.1, 0.15) is 13.3 Å². The topological polar surface area (TPSA) is 29.5 Å². The number of rotatable bonds is 6. The molecule has 0 atom stereocenters. The van der Waals surface area contributed by atoms with Crippen LogP contribution in [0, 0.1) is 0 Å². The van der Waals surface area contributed by atoms with Crippen molar-refractivity contribution in [2.24, 2.45) is 0 Å². The Balaban J connectivity index is 3.93. The molecule has 76 valence electrons. The van der Waals surface area contributed by atoms with Gasteiger partial charge in [0.15, 0.2) is 0 Å². The van der Waals surface area contributed by atoms with Crippen LogP contribution >= 0.6 is 15.9 Å². The first-order valence-electron chi connectivity index (χ1n) is 4.22. The molecule has 0 amide bonds. The van der Waals surface area contributed by atoms with E-state index in [9.17, 15) is 4.79 Å². The fourth-order valence-electron chi connectivity index (χ4n) is 1.02. The summed E-state index contributed by atoms with van der Waals surface area (Å²) >= 11 is 3.27. The van der Waals surface area contributed by atoms with E-state index in [4.69, 9.17) is 0 Å². The lowest BCUT2D eigenvalue weighted by molar-refractivity contribution is -0.141. The van der Waals surface area contributed by atoms with Gasteiger partial charge in [-0.3, -0.25) is 9.69 Å². The number of carbonyl (C=O) groups excluding carboxylic acids is 1. The van der Waals surface area contributed by atoms with E-state index in [-0.39, 0.29) is 5.97 Å². The second kappa shape index (κ2) is 7.09. The number of methoxy groups -OCH3 is 1. The van der Waals surface area contributed by atoms with Gasteiger partial charge in [0.1, 0.15) is 0 Å². The van der Waals surface area contributed by atoms with Crippen molar-refractivity contribution >= 4 is 21.9 Å². The summed E-state index contributed by atoms with van der Waals surface area (Å²) in [5, 5.41) is 0. The first-order chi connectivity index (χ1) is 6.10. The van der Waals surface area contributed by atoms with Gasteiger partial charge in [0.25, 0.3) is 0 Å². The minimum absolute atomic E-state index is 0.206. The van der Waals surface area contributed by atoms with Crippen molar-refractivity contribution in [2.45, 2.75) is 13.3 Å². The van der Waals surface area contributed by atoms with Crippen LogP contribution in [0.5, 0.6) is 0 Å². The number of ether oxygens (including phenoxy) is 1. The fourth-order valence-corrected chi connectivity index (χ4v) is 1.37. The lowest BCUT2D eigenvalue weighted by Crippen LogP contribution is -2.32. The molecule has 4 heteroatoms. The van der Waals surface area contributed by atoms with Crippen molar-refractivity contribution in [1.82, 2.24) is 4.90 Å². The highest BCUT2D eigenvalue weighted by atomic mass is 79.9. The highest BCUT2D eigenvalue weighted by Crippen LogP contribution is 2.04. The number of halogens is 1. The summed E-state index contributed by atoms with van der Waals surface area (Å²) in [4.78, 5) is 13.0. The number of hydrogen-bond acceptors (Lipinski definition) is 3. The second-order valence-electron chi connectivity index (χ2n) is 2.80. The van der Waals surface area contributed by atoms with E-state index in [1.54, 1.807) is 0 Å². The molecule has 3 nitrogen and oxygen atoms in total. The molecule has 0 aromatic carbocycles. The molecule has 0 fully saturated rings. The Morgan fingerprint density at radius 2 is 2.15 bits per heavy atom. The standard InChI is InChI=1S/C9H16BrNO2/c1-4-5-11(6-8(2)10)7-9(12)13-3/h2,4-7H2,1,3H3. The van der Waals surface area contributed by atoms with E-state index >= 15 is 0 Å². The third-order valence-corrected chi connectivity index (χ3v) is 1.77. The van der Waals surface area contributed by atoms with Gasteiger partial charge < -0.3 is 4.74 Å². The van der Waals surface area contributed by atoms with E-state index in [2.05, 4.69) is 34.2 Å². The first kappa shape index (κ1) is 12.7. The van der Waals surface area contributed by atoms with Crippen molar-refractivity contribution in [3.05, 3.63) is 11.1 Å². The Labute approximate surface area is 87.9 Å². The summed E-state index contributed by atoms with van der Waals surface area (Å²) in [6.07, 6.45) is 1.01. The largest absolute Gasteiger partial charge is 0.468 e. The van der Waals surface area contributed by atoms with Crippen molar-refractivity contribution in [2.75, 3.05) is 26.7 Å². The van der Waals surface area contributed by atoms with Gasteiger partial charge in [-0.15, -0.1) is 0 Å². The number of esters is 1. The monoisotopic (exact) mass is 249 g/mol. The fraction of sp³-hybridized carbons (Fsp3) is 0.667. The molecule has 13 heavy (non-hydrogen) atoms. The zero-order chi connectivity index (χ0) is 10.3. The summed E-state index contributed by atoms with van der Waals surface area (Å²) in [6.45, 7) is 7.69. The second-order valence-corrected chi connectivity index (χ2v) is 3.93. The molecular formula is C9H16BrNO2. The number of hydrogen-bond donors (Lipinski definition) is 0. The van der Waals surface area contributed by atoms with Gasteiger partial charge in [0.05, 0.1) is 13.7 Å². The average molecular weight is 250 g/mol. The van der Waals surface area contributed by atoms with Gasteiger partial charge in [0.2, 0.25) is 0 Å². The van der Waals surface area contributed by atoms with Crippen LogP contribution in [-0.2, 0) is 9.53 Å². The Kier molecular flexibility index (Phi) is 6.90. The van der Waals surface area contributed by atoms with Crippen LogP contribution in [0.3, 0.4) is 0 Å². The minimum atomic E-state index is -0.206. The summed E-state index contributed by atoms with van der Waals surface area (Å²) in [5.74, 6) is -0.206. The molecule has 0 N–H and O–H groups in total. The van der Waals surface area contributed by atoms with Crippen molar-refractivity contribution in [3.8, 4) is 0 Å². The molecule has 0 saturated heterocycles. The van der Waals surface area contributed by atoms with E-state index < -0.39 is 0 Å². The Morgan fingerprint density at radius 1 is 1.54 bits per heavy atom. The van der Waals surface area contributed by atoms with Crippen LogP contribution in [0.2, 0.25) is 0 Å². The summed E-state index contributed by atoms with van der Waals surface area (Å²) in [7, 11) is 1.40. The maximum Gasteiger partial charge on any atom is 0.319 e. The molecule has 0 saturated carbocycles. The molecule has 0 aliphatic rings. The van der Waals surface area contributed by atoms with Crippen LogP contribution in [0.25, 0.3) is 0 Å². The van der Waals surface area contributed by atoms with Gasteiger partial charge in [0, 0.05) is 11.0 Å². The third-order valence-electron chi connectivity index (χ3n) is 1.52. The van der Waals surface area contributed by atoms with E-state index in [1.807, 2.05) is 4.90 Å². The predicted molar refractivity (Wildman–Crippen MR) is 56.8 cm³/mol. The van der Waals surface area contributed by atoms with Gasteiger partial charge >= 0.3 is 5.97 Å². The van der Waals surface area contributed by atoms with Crippen LogP contribution in [0.15, 0.2) is 11.1 Å². The highest BCUT2D eigenvalue weighted by Gasteiger charge is 2.09. The third kappa shape index (κ3) is 6.78. The van der Waals surface area contributed by atoms with Crippen molar-refractivity contribution in [1.29, 1.82) is 0 Å². The van der Waals surface area contributed by atoms with E-state index in [0.717, 1.165) is 17.4 Å². The SMILES string of the molecule is C=C(Br)CN(CCC)CC(=O)OC. The van der Waals surface area contributed by atoms with Crippen LogP contribution in [0.4, 0.5) is 0 Å². The molecule has 0 heterocycles. The Bertz CT molecular complexity index is 182. The summed E-state index contributed by atoms with van der Waals surface area (Å²) in [5.41, 5.74) is 0. The average Bonchev–Trinajstić information content (AvgIpc) is 2.03. The normalized spacial score (nSPS) is 10.2. The Hall–Kier alpha value is -0.350. The van der Waals surface area contributed by atoms with Crippen molar-refractivity contribution in [3.63, 3.8) is 0 Å². The number of nitrogens with zero attached hydrogens (tertiary/aromatic N) is 1. The van der Waals surface area contributed by atoms with Crippen LogP contribution in [-0.4, -0.2) is 37.6 Å². The van der Waals surface area contributed by atoms with Gasteiger partial charge in [-0.25, -0.2) is 0 Å². The maximum atomic E-state index is 11.0. The van der Waals surface area contributed by atoms with Crippen molar-refractivity contribution < 1.29 is 9.53 Å². The van der Waals surface area contributed by atoms with Gasteiger partial charge in [-0.1, -0.05) is 29.4 Å². The van der Waals surface area contributed by atoms with E-state index in [1.165, 1.54) is 7.11 Å². The number of carbonyl (C=O) groups is 1. The molecule has 0 spiro atoms. The Morgan fingerprint density at radius 3 is 2.54 bits per heavy atom. The molecule has 0 unspecified atom stereocenters. The molecular weight excluding hydrogens is 234 g/mol. The maximum absolute atomic E-state index is 11.0. The lowest BCUT2D eigenvalue weighted by Gasteiger charge is -2.19. The molecule has 0 aliphatic carbocycles. The summed E-state index contributed by atoms with van der Waals surface area (Å²) in [6, 6.07) is 0. The minimum Gasteiger partial charge on any atom is -0.468 e. The smallest absolute Gasteiger partial charge is 0.319 e. The first-order valence-corrected chi connectivity index (χ1v) is 5.01. The predicted octanol–water partition coefficient (Wildman–Crippen LogP) is 1.78. The lowest BCUT2D eigenvalue weighted by atomic mass is 10.4. The highest BCUT2D eigenvalue weighted by molar-refractivity contribution is 9.11. The molecule has 0 aliphatic heterocycles. The van der Waals surface area contributed by atoms with Crippen LogP contribution < -0.4 is 0 Å². The molecule has 0 radical (unpaired) electrons. The van der Waals surface area contributed by atoms with E-state index in [0.29, 0.717) is 13.1 Å². The summed E-state index contributed by atoms with van der Waals surface area (Å²) < 4.78 is 5.46. The van der Waals surface area contributed by atoms with Gasteiger partial charge in [-0.05, 0) is 13.0 Å². The quantitative estimate of drug-likeness (QED) is 0.673. The molecule has 0 bridgehead atoms. The molecule has 0 rings (SSSR count). The molecule has 0 aromatic rings.